The lowest BCUT2D eigenvalue weighted by Crippen LogP contribution is -2.78. The Labute approximate surface area is 225 Å². The van der Waals surface area contributed by atoms with Gasteiger partial charge in [-0.25, -0.2) is 0 Å². The van der Waals surface area contributed by atoms with E-state index in [1.165, 1.54) is 25.0 Å². The summed E-state index contributed by atoms with van der Waals surface area (Å²) < 4.78 is 46.2. The standard InChI is InChI=1S/C30H33F3N2O4/c1-34(24(37)14-18-3-2-4-20(13-18)30(31,32)33)21-9-10-29(38)23-15-19-7-8-22(36)26-25(19)28(29,27(21)39-26)11-12-35(23)16-17-5-6-17/h2-4,7-8,13,17,21,23,27,36,38H,5-6,9-12,14-16H2,1H3/t21?,23-,27?,28-,29?/m0/s1. The average Bonchev–Trinajstić information content (AvgIpc) is 3.63. The van der Waals surface area contributed by atoms with Gasteiger partial charge in [0, 0.05) is 25.2 Å². The molecule has 3 fully saturated rings. The quantitative estimate of drug-likeness (QED) is 0.597. The van der Waals surface area contributed by atoms with Crippen LogP contribution >= 0.6 is 0 Å². The molecule has 2 bridgehead atoms. The van der Waals surface area contributed by atoms with Crippen LogP contribution in [0.2, 0.25) is 0 Å². The van der Waals surface area contributed by atoms with Crippen molar-refractivity contribution in [2.45, 2.75) is 80.3 Å². The van der Waals surface area contributed by atoms with Crippen LogP contribution in [0.5, 0.6) is 11.5 Å². The minimum atomic E-state index is -4.48. The molecule has 7 rings (SSSR count). The summed E-state index contributed by atoms with van der Waals surface area (Å²) in [5.74, 6) is 0.834. The SMILES string of the molecule is CN(C(=O)Cc1cccc(C(F)(F)F)c1)C1CCC2(O)[C@@H]3Cc4ccc(O)c5c4[C@@]2(CCN3CC2CC2)C1O5. The molecule has 2 saturated carbocycles. The number of halogens is 3. The molecular formula is C30H33F3N2O4. The Hall–Kier alpha value is -2.78. The second-order valence-electron chi connectivity index (χ2n) is 12.3. The number of amides is 1. The highest BCUT2D eigenvalue weighted by Gasteiger charge is 2.73. The largest absolute Gasteiger partial charge is 0.504 e. The van der Waals surface area contributed by atoms with E-state index in [1.54, 1.807) is 18.0 Å². The van der Waals surface area contributed by atoms with E-state index in [0.29, 0.717) is 42.9 Å². The van der Waals surface area contributed by atoms with Gasteiger partial charge >= 0.3 is 6.18 Å². The third-order valence-corrected chi connectivity index (χ3v) is 10.2. The summed E-state index contributed by atoms with van der Waals surface area (Å²) >= 11 is 0. The van der Waals surface area contributed by atoms with Crippen LogP contribution in [0.4, 0.5) is 13.2 Å². The van der Waals surface area contributed by atoms with E-state index < -0.39 is 34.9 Å². The zero-order chi connectivity index (χ0) is 27.3. The first-order valence-electron chi connectivity index (χ1n) is 13.9. The second-order valence-corrected chi connectivity index (χ2v) is 12.3. The van der Waals surface area contributed by atoms with Gasteiger partial charge in [0.25, 0.3) is 0 Å². The van der Waals surface area contributed by atoms with E-state index >= 15 is 0 Å². The van der Waals surface area contributed by atoms with Crippen LogP contribution < -0.4 is 4.74 Å². The van der Waals surface area contributed by atoms with Crippen molar-refractivity contribution in [3.63, 3.8) is 0 Å². The Bertz CT molecular complexity index is 1340. The van der Waals surface area contributed by atoms with Crippen LogP contribution in [-0.2, 0) is 29.2 Å². The van der Waals surface area contributed by atoms with Gasteiger partial charge in [-0.2, -0.15) is 13.2 Å². The third kappa shape index (κ3) is 3.58. The Kier molecular flexibility index (Phi) is 5.41. The molecule has 39 heavy (non-hydrogen) atoms. The monoisotopic (exact) mass is 542 g/mol. The maximum Gasteiger partial charge on any atom is 0.416 e. The number of likely N-dealkylation sites (tertiary alicyclic amines) is 1. The topological polar surface area (TPSA) is 73.2 Å². The minimum absolute atomic E-state index is 0.0374. The molecule has 2 aromatic rings. The maximum absolute atomic E-state index is 13.5. The maximum atomic E-state index is 13.5. The van der Waals surface area contributed by atoms with E-state index in [4.69, 9.17) is 4.74 Å². The van der Waals surface area contributed by atoms with Gasteiger partial charge in [0.1, 0.15) is 6.10 Å². The van der Waals surface area contributed by atoms with E-state index in [1.807, 2.05) is 6.07 Å². The first kappa shape index (κ1) is 25.2. The molecule has 2 aromatic carbocycles. The first-order chi connectivity index (χ1) is 18.5. The summed E-state index contributed by atoms with van der Waals surface area (Å²) in [6, 6.07) is 8.03. The second kappa shape index (κ2) is 8.36. The van der Waals surface area contributed by atoms with Crippen LogP contribution in [0.3, 0.4) is 0 Å². The van der Waals surface area contributed by atoms with E-state index in [0.717, 1.165) is 36.3 Å². The number of aromatic hydroxyl groups is 1. The Morgan fingerprint density at radius 3 is 2.72 bits per heavy atom. The lowest BCUT2D eigenvalue weighted by atomic mass is 9.48. The van der Waals surface area contributed by atoms with Gasteiger partial charge in [-0.1, -0.05) is 24.3 Å². The first-order valence-corrected chi connectivity index (χ1v) is 13.9. The van der Waals surface area contributed by atoms with Crippen molar-refractivity contribution in [1.29, 1.82) is 0 Å². The molecule has 1 amide bonds. The molecule has 9 heteroatoms. The fraction of sp³-hybridized carbons (Fsp3) is 0.567. The fourth-order valence-electron chi connectivity index (χ4n) is 8.19. The number of ether oxygens (including phenoxy) is 1. The molecule has 0 aromatic heterocycles. The van der Waals surface area contributed by atoms with Crippen LogP contribution in [0.15, 0.2) is 36.4 Å². The number of benzene rings is 2. The van der Waals surface area contributed by atoms with Crippen molar-refractivity contribution in [1.82, 2.24) is 9.80 Å². The van der Waals surface area contributed by atoms with E-state index in [2.05, 4.69) is 4.90 Å². The lowest BCUT2D eigenvalue weighted by Gasteiger charge is -2.64. The summed E-state index contributed by atoms with van der Waals surface area (Å²) in [6.45, 7) is 1.79. The average molecular weight is 543 g/mol. The molecule has 208 valence electrons. The van der Waals surface area contributed by atoms with E-state index in [9.17, 15) is 28.2 Å². The third-order valence-electron chi connectivity index (χ3n) is 10.2. The molecule has 5 atom stereocenters. The van der Waals surface area contributed by atoms with Gasteiger partial charge in [0.15, 0.2) is 11.5 Å². The smallest absolute Gasteiger partial charge is 0.416 e. The Balaban J connectivity index is 1.22. The molecule has 2 aliphatic heterocycles. The number of aliphatic hydroxyl groups is 1. The van der Waals surface area contributed by atoms with Crippen molar-refractivity contribution in [2.24, 2.45) is 5.92 Å². The van der Waals surface area contributed by atoms with E-state index in [-0.39, 0.29) is 24.1 Å². The number of piperidine rings is 1. The number of phenolic OH excluding ortho intramolecular Hbond substituents is 1. The van der Waals surface area contributed by atoms with Crippen LogP contribution in [0.25, 0.3) is 0 Å². The molecule has 3 unspecified atom stereocenters. The van der Waals surface area contributed by atoms with Gasteiger partial charge in [-0.15, -0.1) is 0 Å². The number of hydrogen-bond acceptors (Lipinski definition) is 5. The molecular weight excluding hydrogens is 509 g/mol. The zero-order valence-electron chi connectivity index (χ0n) is 21.9. The summed E-state index contributed by atoms with van der Waals surface area (Å²) in [5.41, 5.74) is -0.319. The van der Waals surface area contributed by atoms with Gasteiger partial charge in [0.2, 0.25) is 5.91 Å². The van der Waals surface area contributed by atoms with Crippen LogP contribution in [-0.4, -0.2) is 69.8 Å². The summed E-state index contributed by atoms with van der Waals surface area (Å²) in [4.78, 5) is 17.5. The number of hydrogen-bond donors (Lipinski definition) is 2. The van der Waals surface area contributed by atoms with Crippen molar-refractivity contribution in [3.05, 3.63) is 58.7 Å². The molecule has 5 aliphatic rings. The predicted molar refractivity (Wildman–Crippen MR) is 136 cm³/mol. The summed E-state index contributed by atoms with van der Waals surface area (Å²) in [7, 11) is 1.68. The number of rotatable bonds is 5. The highest BCUT2D eigenvalue weighted by molar-refractivity contribution is 5.79. The summed E-state index contributed by atoms with van der Waals surface area (Å²) in [6.07, 6.45) is -0.396. The number of nitrogens with zero attached hydrogens (tertiary/aromatic N) is 2. The molecule has 2 N–H and O–H groups in total. The highest BCUT2D eigenvalue weighted by Crippen LogP contribution is 2.66. The van der Waals surface area contributed by atoms with Gasteiger partial charge in [0.05, 0.1) is 29.0 Å². The number of phenols is 1. The highest BCUT2D eigenvalue weighted by atomic mass is 19.4. The van der Waals surface area contributed by atoms with Crippen LogP contribution in [0, 0.1) is 5.92 Å². The van der Waals surface area contributed by atoms with Gasteiger partial charge in [-0.3, -0.25) is 9.69 Å². The van der Waals surface area contributed by atoms with Gasteiger partial charge in [-0.05, 0) is 74.2 Å². The summed E-state index contributed by atoms with van der Waals surface area (Å²) in [5, 5.41) is 23.4. The zero-order valence-corrected chi connectivity index (χ0v) is 21.9. The lowest BCUT2D eigenvalue weighted by molar-refractivity contribution is -0.200. The van der Waals surface area contributed by atoms with Crippen molar-refractivity contribution in [3.8, 4) is 11.5 Å². The number of likely N-dealkylation sites (N-methyl/N-ethyl adjacent to an activating group) is 1. The fourth-order valence-corrected chi connectivity index (χ4v) is 8.19. The normalized spacial score (nSPS) is 32.9. The predicted octanol–water partition coefficient (Wildman–Crippen LogP) is 4.04. The molecule has 6 nitrogen and oxygen atoms in total. The molecule has 0 radical (unpaired) electrons. The van der Waals surface area contributed by atoms with Gasteiger partial charge < -0.3 is 19.8 Å². The molecule has 1 saturated heterocycles. The van der Waals surface area contributed by atoms with Crippen LogP contribution in [0.1, 0.15) is 54.4 Å². The minimum Gasteiger partial charge on any atom is -0.504 e. The molecule has 2 heterocycles. The number of carbonyl (C=O) groups excluding carboxylic acids is 1. The van der Waals surface area contributed by atoms with Crippen molar-refractivity contribution >= 4 is 5.91 Å². The Morgan fingerprint density at radius 1 is 1.18 bits per heavy atom. The molecule has 1 spiro atoms. The van der Waals surface area contributed by atoms with Crippen molar-refractivity contribution < 1.29 is 32.9 Å². The number of carbonyl (C=O) groups is 1. The Morgan fingerprint density at radius 2 is 1.97 bits per heavy atom. The number of alkyl halides is 3. The molecule has 3 aliphatic carbocycles. The van der Waals surface area contributed by atoms with Crippen molar-refractivity contribution in [2.75, 3.05) is 20.1 Å².